The van der Waals surface area contributed by atoms with Crippen LogP contribution in [-0.2, 0) is 11.3 Å². The minimum Gasteiger partial charge on any atom is -0.493 e. The third-order valence-electron chi connectivity index (χ3n) is 5.40. The van der Waals surface area contributed by atoms with Crippen LogP contribution in [0.25, 0.3) is 0 Å². The van der Waals surface area contributed by atoms with Gasteiger partial charge in [-0.25, -0.2) is 0 Å². The lowest BCUT2D eigenvalue weighted by molar-refractivity contribution is -0.117. The van der Waals surface area contributed by atoms with E-state index in [4.69, 9.17) is 9.47 Å². The highest BCUT2D eigenvalue weighted by Crippen LogP contribution is 2.31. The largest absolute Gasteiger partial charge is 0.493 e. The molecule has 2 aromatic carbocycles. The number of hydrogen-bond donors (Lipinski definition) is 2. The van der Waals surface area contributed by atoms with E-state index in [0.29, 0.717) is 30.3 Å². The second kappa shape index (κ2) is 10.3. The number of hydrogen-bond acceptors (Lipinski definition) is 5. The molecule has 1 atom stereocenters. The molecule has 6 nitrogen and oxygen atoms in total. The molecule has 0 bridgehead atoms. The van der Waals surface area contributed by atoms with Crippen molar-refractivity contribution in [3.8, 4) is 11.5 Å². The van der Waals surface area contributed by atoms with Gasteiger partial charge in [-0.3, -0.25) is 4.79 Å². The number of fused-ring (bicyclic) bond motifs is 1. The molecule has 0 aromatic heterocycles. The smallest absolute Gasteiger partial charge is 0.233 e. The van der Waals surface area contributed by atoms with E-state index in [2.05, 4.69) is 35.4 Å². The van der Waals surface area contributed by atoms with Crippen LogP contribution in [0.1, 0.15) is 30.9 Å². The van der Waals surface area contributed by atoms with Gasteiger partial charge in [0.2, 0.25) is 5.91 Å². The van der Waals surface area contributed by atoms with Crippen LogP contribution in [-0.4, -0.2) is 50.7 Å². The molecular weight excluding hydrogens is 366 g/mol. The molecule has 0 fully saturated rings. The topological polar surface area (TPSA) is 62.8 Å². The first kappa shape index (κ1) is 21.1. The van der Waals surface area contributed by atoms with Gasteiger partial charge in [-0.1, -0.05) is 38.1 Å². The predicted octanol–water partition coefficient (Wildman–Crippen LogP) is 3.24. The summed E-state index contributed by atoms with van der Waals surface area (Å²) in [5.74, 6) is 1.06. The maximum Gasteiger partial charge on any atom is 0.233 e. The number of carbonyl (C=O) groups excluding carboxylic acids is 1. The van der Waals surface area contributed by atoms with Crippen LogP contribution in [0.15, 0.2) is 42.5 Å². The molecule has 2 N–H and O–H groups in total. The summed E-state index contributed by atoms with van der Waals surface area (Å²) >= 11 is 0. The van der Waals surface area contributed by atoms with Crippen molar-refractivity contribution in [1.82, 2.24) is 10.2 Å². The Labute approximate surface area is 173 Å². The highest BCUT2D eigenvalue weighted by atomic mass is 16.5. The second-order valence-corrected chi connectivity index (χ2v) is 7.11. The van der Waals surface area contributed by atoms with Crippen molar-refractivity contribution in [2.75, 3.05) is 45.2 Å². The molecule has 156 valence electrons. The molecule has 0 aliphatic carbocycles. The van der Waals surface area contributed by atoms with Crippen molar-refractivity contribution in [1.29, 1.82) is 0 Å². The lowest BCUT2D eigenvalue weighted by Gasteiger charge is -2.25. The van der Waals surface area contributed by atoms with E-state index >= 15 is 0 Å². The van der Waals surface area contributed by atoms with Crippen molar-refractivity contribution < 1.29 is 14.3 Å². The van der Waals surface area contributed by atoms with Gasteiger partial charge in [0.05, 0.1) is 13.0 Å². The zero-order chi connectivity index (χ0) is 20.6. The first-order chi connectivity index (χ1) is 14.2. The fraction of sp³-hybridized carbons (Fsp3) is 0.435. The number of carbonyl (C=O) groups is 1. The van der Waals surface area contributed by atoms with Crippen LogP contribution in [0, 0.1) is 0 Å². The normalized spacial score (nSPS) is 15.7. The summed E-state index contributed by atoms with van der Waals surface area (Å²) in [6, 6.07) is 13.6. The minimum absolute atomic E-state index is 0.0242. The number of methoxy groups -OCH3 is 1. The van der Waals surface area contributed by atoms with Crippen LogP contribution in [0.4, 0.5) is 5.69 Å². The first-order valence-corrected chi connectivity index (χ1v) is 10.3. The maximum atomic E-state index is 12.9. The number of nitrogens with zero attached hydrogens (tertiary/aromatic N) is 1. The number of benzene rings is 2. The number of likely N-dealkylation sites (N-methyl/N-ethyl adjacent to an activating group) is 1. The molecule has 0 spiro atoms. The van der Waals surface area contributed by atoms with Crippen LogP contribution in [0.2, 0.25) is 0 Å². The molecule has 6 heteroatoms. The first-order valence-electron chi connectivity index (χ1n) is 10.3. The number of amides is 1. The number of nitrogens with one attached hydrogen (secondary N) is 2. The van der Waals surface area contributed by atoms with E-state index in [0.717, 1.165) is 31.7 Å². The highest BCUT2D eigenvalue weighted by Gasteiger charge is 2.26. The fourth-order valence-corrected chi connectivity index (χ4v) is 3.65. The minimum atomic E-state index is -0.214. The zero-order valence-electron chi connectivity index (χ0n) is 17.5. The summed E-state index contributed by atoms with van der Waals surface area (Å²) in [6.07, 6.45) is 0. The Balaban J connectivity index is 1.69. The lowest BCUT2D eigenvalue weighted by Crippen LogP contribution is -2.35. The summed E-state index contributed by atoms with van der Waals surface area (Å²) in [4.78, 5) is 15.2. The van der Waals surface area contributed by atoms with Gasteiger partial charge in [0.1, 0.15) is 6.61 Å². The van der Waals surface area contributed by atoms with E-state index in [1.807, 2.05) is 36.4 Å². The molecule has 1 heterocycles. The maximum absolute atomic E-state index is 12.9. The van der Waals surface area contributed by atoms with Crippen LogP contribution < -0.4 is 20.1 Å². The van der Waals surface area contributed by atoms with Crippen molar-refractivity contribution in [2.24, 2.45) is 0 Å². The number of rotatable bonds is 9. The van der Waals surface area contributed by atoms with Gasteiger partial charge in [-0.15, -0.1) is 0 Å². The van der Waals surface area contributed by atoms with Crippen molar-refractivity contribution in [3.63, 3.8) is 0 Å². The molecule has 2 aromatic rings. The monoisotopic (exact) mass is 397 g/mol. The van der Waals surface area contributed by atoms with Crippen LogP contribution >= 0.6 is 0 Å². The van der Waals surface area contributed by atoms with Crippen molar-refractivity contribution >= 4 is 11.6 Å². The Morgan fingerprint density at radius 2 is 1.97 bits per heavy atom. The van der Waals surface area contributed by atoms with Gasteiger partial charge in [-0.05, 0) is 36.3 Å². The molecule has 1 unspecified atom stereocenters. The summed E-state index contributed by atoms with van der Waals surface area (Å²) in [5.41, 5.74) is 2.97. The lowest BCUT2D eigenvalue weighted by atomic mass is 9.90. The Morgan fingerprint density at radius 1 is 1.17 bits per heavy atom. The summed E-state index contributed by atoms with van der Waals surface area (Å²) in [5, 5.41) is 6.37. The molecule has 0 saturated carbocycles. The molecule has 1 aliphatic rings. The highest BCUT2D eigenvalue weighted by molar-refractivity contribution is 5.96. The second-order valence-electron chi connectivity index (χ2n) is 7.11. The number of ether oxygens (including phenoxy) is 2. The van der Waals surface area contributed by atoms with Crippen LogP contribution in [0.3, 0.4) is 0 Å². The standard InChI is InChI=1S/C23H31N3O3/c1-4-26(5-2)12-13-29-22-14-18(10-11-21(22)28-3)25-23(27)20-16-24-15-17-8-6-7-9-19(17)20/h6-11,14,20,24H,4-5,12-13,15-16H2,1-3H3,(H,25,27). The molecule has 29 heavy (non-hydrogen) atoms. The molecule has 1 aliphatic heterocycles. The van der Waals surface area contributed by atoms with Crippen molar-refractivity contribution in [3.05, 3.63) is 53.6 Å². The Hall–Kier alpha value is -2.57. The molecule has 3 rings (SSSR count). The van der Waals surface area contributed by atoms with Gasteiger partial charge in [0, 0.05) is 31.4 Å². The molecule has 0 saturated heterocycles. The predicted molar refractivity (Wildman–Crippen MR) is 116 cm³/mol. The molecule has 0 radical (unpaired) electrons. The quantitative estimate of drug-likeness (QED) is 0.680. The van der Waals surface area contributed by atoms with Gasteiger partial charge >= 0.3 is 0 Å². The Kier molecular flexibility index (Phi) is 7.49. The van der Waals surface area contributed by atoms with E-state index in [1.165, 1.54) is 5.56 Å². The molecular formula is C23H31N3O3. The summed E-state index contributed by atoms with van der Waals surface area (Å²) in [7, 11) is 1.62. The van der Waals surface area contributed by atoms with Gasteiger partial charge in [-0.2, -0.15) is 0 Å². The SMILES string of the molecule is CCN(CC)CCOc1cc(NC(=O)C2CNCc3ccccc32)ccc1OC. The van der Waals surface area contributed by atoms with E-state index in [-0.39, 0.29) is 11.8 Å². The van der Waals surface area contributed by atoms with E-state index in [1.54, 1.807) is 7.11 Å². The average Bonchev–Trinajstić information content (AvgIpc) is 2.76. The van der Waals surface area contributed by atoms with Gasteiger partial charge in [0.15, 0.2) is 11.5 Å². The average molecular weight is 398 g/mol. The fourth-order valence-electron chi connectivity index (χ4n) is 3.65. The zero-order valence-corrected chi connectivity index (χ0v) is 17.5. The Bertz CT molecular complexity index is 821. The van der Waals surface area contributed by atoms with Crippen LogP contribution in [0.5, 0.6) is 11.5 Å². The Morgan fingerprint density at radius 3 is 2.72 bits per heavy atom. The number of anilines is 1. The summed E-state index contributed by atoms with van der Waals surface area (Å²) < 4.78 is 11.4. The third kappa shape index (κ3) is 5.28. The van der Waals surface area contributed by atoms with Crippen molar-refractivity contribution in [2.45, 2.75) is 26.3 Å². The molecule has 1 amide bonds. The van der Waals surface area contributed by atoms with E-state index in [9.17, 15) is 4.79 Å². The van der Waals surface area contributed by atoms with E-state index < -0.39 is 0 Å². The third-order valence-corrected chi connectivity index (χ3v) is 5.40. The summed E-state index contributed by atoms with van der Waals surface area (Å²) in [6.45, 7) is 9.09. The van der Waals surface area contributed by atoms with Gasteiger partial charge < -0.3 is 25.0 Å². The van der Waals surface area contributed by atoms with Gasteiger partial charge in [0.25, 0.3) is 0 Å².